The molecule has 0 N–H and O–H groups in total. The second-order valence-corrected chi connectivity index (χ2v) is 6.14. The van der Waals surface area contributed by atoms with Crippen molar-refractivity contribution in [1.82, 2.24) is 9.80 Å². The van der Waals surface area contributed by atoms with Crippen LogP contribution in [0.1, 0.15) is 19.8 Å². The predicted molar refractivity (Wildman–Crippen MR) is 84.8 cm³/mol. The Balaban J connectivity index is 1.81. The SMILES string of the molecule is CC1CN(C(=O)CCCOc2ccccc2)CC(C(F)(F)F)N1C. The largest absolute Gasteiger partial charge is 0.494 e. The first-order valence-corrected chi connectivity index (χ1v) is 8.03. The summed E-state index contributed by atoms with van der Waals surface area (Å²) >= 11 is 0. The Morgan fingerprint density at radius 2 is 1.92 bits per heavy atom. The van der Waals surface area contributed by atoms with Gasteiger partial charge in [-0.05, 0) is 32.5 Å². The molecule has 2 atom stereocenters. The van der Waals surface area contributed by atoms with E-state index in [1.54, 1.807) is 6.92 Å². The zero-order valence-corrected chi connectivity index (χ0v) is 13.9. The maximum Gasteiger partial charge on any atom is 0.405 e. The third kappa shape index (κ3) is 4.87. The fourth-order valence-electron chi connectivity index (χ4n) is 2.79. The summed E-state index contributed by atoms with van der Waals surface area (Å²) in [6, 6.07) is 7.28. The Morgan fingerprint density at radius 3 is 2.54 bits per heavy atom. The molecule has 0 radical (unpaired) electrons. The predicted octanol–water partition coefficient (Wildman–Crippen LogP) is 2.94. The van der Waals surface area contributed by atoms with Crippen LogP contribution in [0.15, 0.2) is 30.3 Å². The molecule has 0 aliphatic carbocycles. The summed E-state index contributed by atoms with van der Waals surface area (Å²) in [6.45, 7) is 2.09. The van der Waals surface area contributed by atoms with Crippen LogP contribution in [0.25, 0.3) is 0 Å². The van der Waals surface area contributed by atoms with Crippen molar-refractivity contribution in [3.63, 3.8) is 0 Å². The smallest absolute Gasteiger partial charge is 0.405 e. The van der Waals surface area contributed by atoms with E-state index in [9.17, 15) is 18.0 Å². The lowest BCUT2D eigenvalue weighted by Gasteiger charge is -2.44. The van der Waals surface area contributed by atoms with E-state index in [0.717, 1.165) is 5.75 Å². The summed E-state index contributed by atoms with van der Waals surface area (Å²) in [5.41, 5.74) is 0. The number of amides is 1. The van der Waals surface area contributed by atoms with E-state index in [-0.39, 0.29) is 24.9 Å². The van der Waals surface area contributed by atoms with Gasteiger partial charge in [0.1, 0.15) is 11.8 Å². The molecule has 1 amide bonds. The molecule has 1 saturated heterocycles. The highest BCUT2D eigenvalue weighted by molar-refractivity contribution is 5.76. The normalized spacial score (nSPS) is 22.5. The summed E-state index contributed by atoms with van der Waals surface area (Å²) in [6.07, 6.45) is -3.67. The van der Waals surface area contributed by atoms with Crippen molar-refractivity contribution in [2.24, 2.45) is 0 Å². The minimum atomic E-state index is -4.33. The van der Waals surface area contributed by atoms with Gasteiger partial charge in [-0.15, -0.1) is 0 Å². The highest BCUT2D eigenvalue weighted by atomic mass is 19.4. The monoisotopic (exact) mass is 344 g/mol. The van der Waals surface area contributed by atoms with Crippen LogP contribution < -0.4 is 4.74 Å². The molecule has 2 rings (SSSR count). The average Bonchev–Trinajstić information content (AvgIpc) is 2.53. The van der Waals surface area contributed by atoms with Crippen molar-refractivity contribution >= 4 is 5.91 Å². The Kier molecular flexibility index (Phi) is 6.10. The van der Waals surface area contributed by atoms with Crippen molar-refractivity contribution in [1.29, 1.82) is 0 Å². The van der Waals surface area contributed by atoms with Gasteiger partial charge in [-0.25, -0.2) is 0 Å². The summed E-state index contributed by atoms with van der Waals surface area (Å²) in [7, 11) is 1.46. The molecule has 1 aliphatic heterocycles. The molecule has 24 heavy (non-hydrogen) atoms. The van der Waals surface area contributed by atoms with Crippen LogP contribution >= 0.6 is 0 Å². The summed E-state index contributed by atoms with van der Waals surface area (Å²) in [4.78, 5) is 14.8. The molecule has 1 fully saturated rings. The molecule has 7 heteroatoms. The number of nitrogens with zero attached hydrogens (tertiary/aromatic N) is 2. The molecule has 0 bridgehead atoms. The van der Waals surface area contributed by atoms with Gasteiger partial charge < -0.3 is 9.64 Å². The molecule has 4 nitrogen and oxygen atoms in total. The van der Waals surface area contributed by atoms with Crippen molar-refractivity contribution in [3.8, 4) is 5.75 Å². The summed E-state index contributed by atoms with van der Waals surface area (Å²) < 4.78 is 44.8. The highest BCUT2D eigenvalue weighted by Gasteiger charge is 2.47. The van der Waals surface area contributed by atoms with Gasteiger partial charge in [0.05, 0.1) is 6.61 Å². The van der Waals surface area contributed by atoms with Crippen LogP contribution in [0.5, 0.6) is 5.75 Å². The van der Waals surface area contributed by atoms with Crippen molar-refractivity contribution in [3.05, 3.63) is 30.3 Å². The summed E-state index contributed by atoms with van der Waals surface area (Å²) in [5.74, 6) is 0.469. The Morgan fingerprint density at radius 1 is 1.25 bits per heavy atom. The number of likely N-dealkylation sites (N-methyl/N-ethyl adjacent to an activating group) is 1. The number of piperazine rings is 1. The topological polar surface area (TPSA) is 32.8 Å². The Bertz CT molecular complexity index is 536. The van der Waals surface area contributed by atoms with Gasteiger partial charge >= 0.3 is 6.18 Å². The number of halogens is 3. The molecular weight excluding hydrogens is 321 g/mol. The lowest BCUT2D eigenvalue weighted by Crippen LogP contribution is -2.62. The van der Waals surface area contributed by atoms with Crippen LogP contribution in [0.4, 0.5) is 13.2 Å². The van der Waals surface area contributed by atoms with Gasteiger partial charge in [0.2, 0.25) is 5.91 Å². The quantitative estimate of drug-likeness (QED) is 0.770. The van der Waals surface area contributed by atoms with E-state index in [1.807, 2.05) is 30.3 Å². The maximum atomic E-state index is 13.1. The van der Waals surface area contributed by atoms with E-state index in [2.05, 4.69) is 0 Å². The van der Waals surface area contributed by atoms with Crippen molar-refractivity contribution in [2.45, 2.75) is 38.0 Å². The third-order valence-corrected chi connectivity index (χ3v) is 4.34. The minimum absolute atomic E-state index is 0.188. The summed E-state index contributed by atoms with van der Waals surface area (Å²) in [5, 5.41) is 0. The van der Waals surface area contributed by atoms with Crippen LogP contribution in [0.3, 0.4) is 0 Å². The average molecular weight is 344 g/mol. The first kappa shape index (κ1) is 18.6. The van der Waals surface area contributed by atoms with Crippen LogP contribution in [0.2, 0.25) is 0 Å². The minimum Gasteiger partial charge on any atom is -0.494 e. The second kappa shape index (κ2) is 7.88. The molecule has 134 valence electrons. The molecule has 1 heterocycles. The van der Waals surface area contributed by atoms with Crippen molar-refractivity contribution < 1.29 is 22.7 Å². The Hall–Kier alpha value is -1.76. The lowest BCUT2D eigenvalue weighted by atomic mass is 10.1. The Labute approximate surface area is 140 Å². The number of hydrogen-bond acceptors (Lipinski definition) is 3. The van der Waals surface area contributed by atoms with Crippen LogP contribution in [-0.2, 0) is 4.79 Å². The van der Waals surface area contributed by atoms with E-state index in [4.69, 9.17) is 4.74 Å². The third-order valence-electron chi connectivity index (χ3n) is 4.34. The van der Waals surface area contributed by atoms with Crippen LogP contribution in [0, 0.1) is 0 Å². The van der Waals surface area contributed by atoms with E-state index in [1.165, 1.54) is 16.8 Å². The van der Waals surface area contributed by atoms with Crippen molar-refractivity contribution in [2.75, 3.05) is 26.7 Å². The molecule has 0 spiro atoms. The second-order valence-electron chi connectivity index (χ2n) is 6.14. The highest BCUT2D eigenvalue weighted by Crippen LogP contribution is 2.29. The standard InChI is InChI=1S/C17H23F3N2O2/c1-13-11-22(12-15(21(13)2)17(18,19)20)16(23)9-6-10-24-14-7-4-3-5-8-14/h3-5,7-8,13,15H,6,9-12H2,1-2H3. The van der Waals surface area contributed by atoms with Gasteiger partial charge in [-0.1, -0.05) is 18.2 Å². The zero-order chi connectivity index (χ0) is 17.7. The van der Waals surface area contributed by atoms with E-state index >= 15 is 0 Å². The maximum absolute atomic E-state index is 13.1. The zero-order valence-electron chi connectivity index (χ0n) is 13.9. The van der Waals surface area contributed by atoms with Gasteiger partial charge in [0, 0.05) is 25.6 Å². The fourth-order valence-corrected chi connectivity index (χ4v) is 2.79. The number of benzene rings is 1. The number of ether oxygens (including phenoxy) is 1. The number of hydrogen-bond donors (Lipinski definition) is 0. The van der Waals surface area contributed by atoms with Gasteiger partial charge in [-0.2, -0.15) is 13.2 Å². The van der Waals surface area contributed by atoms with Gasteiger partial charge in [0.15, 0.2) is 0 Å². The number of carbonyl (C=O) groups is 1. The lowest BCUT2D eigenvalue weighted by molar-refractivity contribution is -0.201. The van der Waals surface area contributed by atoms with E-state index < -0.39 is 12.2 Å². The first-order valence-electron chi connectivity index (χ1n) is 8.03. The molecule has 2 unspecified atom stereocenters. The number of alkyl halides is 3. The van der Waals surface area contributed by atoms with Crippen LogP contribution in [-0.4, -0.2) is 60.7 Å². The molecule has 1 aromatic rings. The van der Waals surface area contributed by atoms with Gasteiger partial charge in [-0.3, -0.25) is 9.69 Å². The molecule has 1 aromatic carbocycles. The first-order chi connectivity index (χ1) is 11.3. The molecule has 0 saturated carbocycles. The number of carbonyl (C=O) groups excluding carboxylic acids is 1. The fraction of sp³-hybridized carbons (Fsp3) is 0.588. The van der Waals surface area contributed by atoms with E-state index in [0.29, 0.717) is 19.6 Å². The van der Waals surface area contributed by atoms with Gasteiger partial charge in [0.25, 0.3) is 0 Å². The molecule has 1 aliphatic rings. The molecular formula is C17H23F3N2O2. The number of rotatable bonds is 5. The molecule has 0 aromatic heterocycles. The number of para-hydroxylation sites is 1.